The number of carbonyl (C=O) groups excluding carboxylic acids is 1. The Balaban J connectivity index is 2.63. The second-order valence-electron chi connectivity index (χ2n) is 4.26. The molecule has 0 radical (unpaired) electrons. The van der Waals surface area contributed by atoms with Gasteiger partial charge in [0.15, 0.2) is 9.84 Å². The third kappa shape index (κ3) is 2.95. The van der Waals surface area contributed by atoms with Gasteiger partial charge in [-0.1, -0.05) is 0 Å². The van der Waals surface area contributed by atoms with Crippen LogP contribution in [-0.4, -0.2) is 43.8 Å². The normalized spacial score (nSPS) is 24.7. The summed E-state index contributed by atoms with van der Waals surface area (Å²) < 4.78 is 22.5. The summed E-state index contributed by atoms with van der Waals surface area (Å²) in [5, 5.41) is 8.53. The van der Waals surface area contributed by atoms with Crippen LogP contribution in [-0.2, 0) is 14.6 Å². The van der Waals surface area contributed by atoms with E-state index in [2.05, 4.69) is 0 Å². The van der Waals surface area contributed by atoms with Gasteiger partial charge >= 0.3 is 0 Å². The van der Waals surface area contributed by atoms with E-state index in [4.69, 9.17) is 5.26 Å². The SMILES string of the molecule is CC(CC#N)N(C)C(=O)C1CCS(=O)(=O)C1. The highest BCUT2D eigenvalue weighted by molar-refractivity contribution is 7.91. The molecule has 0 aromatic rings. The fourth-order valence-electron chi connectivity index (χ4n) is 1.76. The Labute approximate surface area is 96.0 Å². The van der Waals surface area contributed by atoms with Crippen molar-refractivity contribution in [2.75, 3.05) is 18.6 Å². The zero-order valence-electron chi connectivity index (χ0n) is 9.51. The molecule has 0 aromatic carbocycles. The molecule has 1 fully saturated rings. The van der Waals surface area contributed by atoms with Crippen molar-refractivity contribution in [1.29, 1.82) is 5.26 Å². The van der Waals surface area contributed by atoms with Gasteiger partial charge in [0, 0.05) is 13.1 Å². The number of nitrogens with zero attached hydrogens (tertiary/aromatic N) is 2. The number of hydrogen-bond donors (Lipinski definition) is 0. The van der Waals surface area contributed by atoms with E-state index in [0.29, 0.717) is 6.42 Å². The lowest BCUT2D eigenvalue weighted by atomic mass is 10.1. The van der Waals surface area contributed by atoms with Crippen LogP contribution in [0.1, 0.15) is 19.8 Å². The smallest absolute Gasteiger partial charge is 0.226 e. The van der Waals surface area contributed by atoms with E-state index in [1.807, 2.05) is 6.07 Å². The van der Waals surface area contributed by atoms with E-state index in [1.54, 1.807) is 14.0 Å². The minimum Gasteiger partial charge on any atom is -0.342 e. The fraction of sp³-hybridized carbons (Fsp3) is 0.800. The minimum atomic E-state index is -3.02. The molecule has 1 aliphatic rings. The van der Waals surface area contributed by atoms with Gasteiger partial charge < -0.3 is 4.90 Å². The predicted octanol–water partition coefficient (Wildman–Crippen LogP) is 0.182. The minimum absolute atomic E-state index is 0.0462. The van der Waals surface area contributed by atoms with Crippen LogP contribution in [0.2, 0.25) is 0 Å². The number of carbonyl (C=O) groups is 1. The zero-order chi connectivity index (χ0) is 12.3. The van der Waals surface area contributed by atoms with Crippen LogP contribution in [0, 0.1) is 17.2 Å². The van der Waals surface area contributed by atoms with Gasteiger partial charge in [-0.05, 0) is 13.3 Å². The van der Waals surface area contributed by atoms with Gasteiger partial charge in [-0.15, -0.1) is 0 Å². The van der Waals surface area contributed by atoms with E-state index in [1.165, 1.54) is 4.90 Å². The lowest BCUT2D eigenvalue weighted by molar-refractivity contribution is -0.135. The monoisotopic (exact) mass is 244 g/mol. The van der Waals surface area contributed by atoms with Gasteiger partial charge in [0.05, 0.1) is 29.9 Å². The lowest BCUT2D eigenvalue weighted by Crippen LogP contribution is -2.39. The van der Waals surface area contributed by atoms with Crippen LogP contribution in [0.5, 0.6) is 0 Å². The maximum atomic E-state index is 11.9. The molecular formula is C10H16N2O3S. The molecule has 1 rings (SSSR count). The molecule has 1 aliphatic heterocycles. The lowest BCUT2D eigenvalue weighted by Gasteiger charge is -2.25. The molecule has 0 N–H and O–H groups in total. The molecule has 1 saturated heterocycles. The molecule has 2 unspecified atom stereocenters. The van der Waals surface area contributed by atoms with E-state index in [0.717, 1.165) is 0 Å². The first-order valence-electron chi connectivity index (χ1n) is 5.21. The van der Waals surface area contributed by atoms with Gasteiger partial charge in [0.1, 0.15) is 0 Å². The third-order valence-electron chi connectivity index (χ3n) is 2.98. The molecule has 0 spiro atoms. The quantitative estimate of drug-likeness (QED) is 0.709. The fourth-order valence-corrected chi connectivity index (χ4v) is 3.50. The molecule has 90 valence electrons. The molecule has 1 amide bonds. The van der Waals surface area contributed by atoms with Gasteiger partial charge in [-0.2, -0.15) is 5.26 Å². The number of rotatable bonds is 3. The summed E-state index contributed by atoms with van der Waals surface area (Å²) >= 11 is 0. The molecule has 2 atom stereocenters. The molecular weight excluding hydrogens is 228 g/mol. The van der Waals surface area contributed by atoms with Crippen molar-refractivity contribution in [3.63, 3.8) is 0 Å². The van der Waals surface area contributed by atoms with Crippen LogP contribution in [0.4, 0.5) is 0 Å². The predicted molar refractivity (Wildman–Crippen MR) is 59.2 cm³/mol. The number of sulfone groups is 1. The molecule has 0 aromatic heterocycles. The molecule has 5 nitrogen and oxygen atoms in total. The zero-order valence-corrected chi connectivity index (χ0v) is 10.3. The highest BCUT2D eigenvalue weighted by Crippen LogP contribution is 2.21. The molecule has 6 heteroatoms. The summed E-state index contributed by atoms with van der Waals surface area (Å²) in [6.45, 7) is 1.78. The van der Waals surface area contributed by atoms with Gasteiger partial charge in [-0.3, -0.25) is 4.79 Å². The van der Waals surface area contributed by atoms with Crippen molar-refractivity contribution < 1.29 is 13.2 Å². The summed E-state index contributed by atoms with van der Waals surface area (Å²) in [7, 11) is -1.40. The Bertz CT molecular complexity index is 410. The first-order valence-corrected chi connectivity index (χ1v) is 7.03. The summed E-state index contributed by atoms with van der Waals surface area (Å²) in [4.78, 5) is 13.4. The van der Waals surface area contributed by atoms with Gasteiger partial charge in [0.25, 0.3) is 0 Å². The number of hydrogen-bond acceptors (Lipinski definition) is 4. The topological polar surface area (TPSA) is 78.2 Å². The Morgan fingerprint density at radius 3 is 2.69 bits per heavy atom. The average molecular weight is 244 g/mol. The van der Waals surface area contributed by atoms with E-state index >= 15 is 0 Å². The highest BCUT2D eigenvalue weighted by Gasteiger charge is 2.35. The Hall–Kier alpha value is -1.09. The van der Waals surface area contributed by atoms with Crippen molar-refractivity contribution in [1.82, 2.24) is 4.90 Å². The van der Waals surface area contributed by atoms with Crippen molar-refractivity contribution in [2.45, 2.75) is 25.8 Å². The van der Waals surface area contributed by atoms with Crippen LogP contribution in [0.25, 0.3) is 0 Å². The maximum absolute atomic E-state index is 11.9. The van der Waals surface area contributed by atoms with Crippen molar-refractivity contribution in [2.24, 2.45) is 5.92 Å². The largest absolute Gasteiger partial charge is 0.342 e. The second-order valence-corrected chi connectivity index (χ2v) is 6.49. The van der Waals surface area contributed by atoms with Crippen molar-refractivity contribution >= 4 is 15.7 Å². The Morgan fingerprint density at radius 2 is 2.25 bits per heavy atom. The maximum Gasteiger partial charge on any atom is 0.226 e. The van der Waals surface area contributed by atoms with Gasteiger partial charge in [-0.25, -0.2) is 8.42 Å². The summed E-state index contributed by atoms with van der Waals surface area (Å²) in [5.74, 6) is -0.528. The second kappa shape index (κ2) is 4.83. The first-order chi connectivity index (χ1) is 7.37. The Kier molecular flexibility index (Phi) is 3.92. The third-order valence-corrected chi connectivity index (χ3v) is 4.75. The molecule has 1 heterocycles. The van der Waals surface area contributed by atoms with Crippen LogP contribution < -0.4 is 0 Å². The highest BCUT2D eigenvalue weighted by atomic mass is 32.2. The van der Waals surface area contributed by atoms with Crippen LogP contribution >= 0.6 is 0 Å². The first kappa shape index (κ1) is 13.0. The molecule has 0 bridgehead atoms. The summed E-state index contributed by atoms with van der Waals surface area (Å²) in [6.07, 6.45) is 0.673. The van der Waals surface area contributed by atoms with E-state index in [9.17, 15) is 13.2 Å². The average Bonchev–Trinajstić information content (AvgIpc) is 2.57. The van der Waals surface area contributed by atoms with Crippen LogP contribution in [0.3, 0.4) is 0 Å². The van der Waals surface area contributed by atoms with Crippen molar-refractivity contribution in [3.8, 4) is 6.07 Å². The van der Waals surface area contributed by atoms with Gasteiger partial charge in [0.2, 0.25) is 5.91 Å². The summed E-state index contributed by atoms with van der Waals surface area (Å²) in [6, 6.07) is 1.83. The molecule has 16 heavy (non-hydrogen) atoms. The molecule has 0 aliphatic carbocycles. The number of amides is 1. The van der Waals surface area contributed by atoms with Crippen molar-refractivity contribution in [3.05, 3.63) is 0 Å². The van der Waals surface area contributed by atoms with E-state index in [-0.39, 0.29) is 29.9 Å². The summed E-state index contributed by atoms with van der Waals surface area (Å²) in [5.41, 5.74) is 0. The number of nitriles is 1. The Morgan fingerprint density at radius 1 is 1.62 bits per heavy atom. The standard InChI is InChI=1S/C10H16N2O3S/c1-8(3-5-11)12(2)10(13)9-4-6-16(14,15)7-9/h8-9H,3-4,6-7H2,1-2H3. The van der Waals surface area contributed by atoms with Crippen LogP contribution in [0.15, 0.2) is 0 Å². The van der Waals surface area contributed by atoms with E-state index < -0.39 is 15.8 Å². The molecule has 0 saturated carbocycles.